The lowest BCUT2D eigenvalue weighted by Crippen LogP contribution is -2.31. The smallest absolute Gasteiger partial charge is 0.411 e. The predicted molar refractivity (Wildman–Crippen MR) is 50.9 cm³/mol. The third-order valence-corrected chi connectivity index (χ3v) is 1.31. The van der Waals surface area contributed by atoms with Crippen LogP contribution in [0.4, 0.5) is 4.79 Å². The normalized spacial score (nSPS) is 15.5. The van der Waals surface area contributed by atoms with E-state index < -0.39 is 11.7 Å². The summed E-state index contributed by atoms with van der Waals surface area (Å²) in [5.41, 5.74) is 0.311. The van der Waals surface area contributed by atoms with Crippen molar-refractivity contribution in [2.75, 3.05) is 0 Å². The van der Waals surface area contributed by atoms with Gasteiger partial charge in [0.25, 0.3) is 0 Å². The first kappa shape index (κ1) is 9.84. The van der Waals surface area contributed by atoms with Gasteiger partial charge in [0.1, 0.15) is 5.60 Å². The maximum atomic E-state index is 11.2. The van der Waals surface area contributed by atoms with Gasteiger partial charge in [-0.25, -0.2) is 4.79 Å². The molecule has 1 rings (SSSR count). The first-order valence-electron chi connectivity index (χ1n) is 4.19. The van der Waals surface area contributed by atoms with Gasteiger partial charge in [0.05, 0.1) is 0 Å². The number of ether oxygens (including phenoxy) is 1. The third kappa shape index (κ3) is 3.78. The van der Waals surface area contributed by atoms with Crippen LogP contribution >= 0.6 is 0 Å². The van der Waals surface area contributed by atoms with Gasteiger partial charge in [-0.15, -0.1) is 0 Å². The van der Waals surface area contributed by atoms with E-state index in [1.54, 1.807) is 0 Å². The maximum Gasteiger partial charge on any atom is 0.411 e. The molecule has 71 valence electrons. The second-order valence-electron chi connectivity index (χ2n) is 3.80. The lowest BCUT2D eigenvalue weighted by atomic mass is 10.2. The molecule has 1 amide bonds. The number of hydrogen-bond donors (Lipinski definition) is 1. The van der Waals surface area contributed by atoms with Crippen molar-refractivity contribution in [3.8, 4) is 0 Å². The van der Waals surface area contributed by atoms with Gasteiger partial charge in [-0.2, -0.15) is 0 Å². The Bertz CT molecular complexity index is 259. The van der Waals surface area contributed by atoms with Crippen molar-refractivity contribution in [3.05, 3.63) is 30.3 Å². The van der Waals surface area contributed by atoms with Crippen molar-refractivity contribution < 1.29 is 9.53 Å². The van der Waals surface area contributed by atoms with E-state index in [1.807, 2.05) is 45.4 Å². The van der Waals surface area contributed by atoms with Crippen molar-refractivity contribution in [2.24, 2.45) is 0 Å². The summed E-state index contributed by atoms with van der Waals surface area (Å²) in [5.74, 6) is 0. The molecule has 3 heteroatoms. The fourth-order valence-corrected chi connectivity index (χ4v) is 0.879. The lowest BCUT2D eigenvalue weighted by molar-refractivity contribution is 0.0547. The molecule has 0 bridgehead atoms. The van der Waals surface area contributed by atoms with E-state index in [1.165, 1.54) is 0 Å². The van der Waals surface area contributed by atoms with Gasteiger partial charge in [0, 0.05) is 12.1 Å². The van der Waals surface area contributed by atoms with E-state index in [0.29, 0.717) is 0 Å². The second kappa shape index (κ2) is 3.64. The monoisotopic (exact) mass is 180 g/mol. The molecule has 3 nitrogen and oxygen atoms in total. The number of amides is 1. The van der Waals surface area contributed by atoms with E-state index in [-0.39, 0.29) is 0 Å². The van der Waals surface area contributed by atoms with Gasteiger partial charge >= 0.3 is 6.09 Å². The summed E-state index contributed by atoms with van der Waals surface area (Å²) in [5, 5.41) is 2.62. The number of rotatable bonds is 1. The van der Waals surface area contributed by atoms with Crippen LogP contribution in [0, 0.1) is 6.42 Å². The van der Waals surface area contributed by atoms with Crippen LogP contribution in [0.2, 0.25) is 0 Å². The average Bonchev–Trinajstić information content (AvgIpc) is 2.34. The van der Waals surface area contributed by atoms with E-state index in [2.05, 4.69) is 5.32 Å². The molecular formula is C10H14NO2. The zero-order chi connectivity index (χ0) is 9.90. The molecule has 0 aromatic carbocycles. The van der Waals surface area contributed by atoms with E-state index in [9.17, 15) is 4.79 Å². The van der Waals surface area contributed by atoms with E-state index in [0.717, 1.165) is 5.70 Å². The second-order valence-corrected chi connectivity index (χ2v) is 3.80. The Morgan fingerprint density at radius 1 is 1.38 bits per heavy atom. The highest BCUT2D eigenvalue weighted by molar-refractivity contribution is 5.71. The number of allylic oxidation sites excluding steroid dienone is 3. The molecule has 0 heterocycles. The largest absolute Gasteiger partial charge is 0.444 e. The van der Waals surface area contributed by atoms with Gasteiger partial charge in [-0.1, -0.05) is 12.2 Å². The number of hydrogen-bond acceptors (Lipinski definition) is 2. The summed E-state index contributed by atoms with van der Waals surface area (Å²) in [4.78, 5) is 11.2. The molecule has 0 fully saturated rings. The summed E-state index contributed by atoms with van der Waals surface area (Å²) in [6, 6.07) is 0. The molecule has 0 saturated carbocycles. The Morgan fingerprint density at radius 3 is 2.54 bits per heavy atom. The Kier molecular flexibility index (Phi) is 2.76. The maximum absolute atomic E-state index is 11.2. The summed E-state index contributed by atoms with van der Waals surface area (Å²) >= 11 is 0. The van der Waals surface area contributed by atoms with E-state index >= 15 is 0 Å². The lowest BCUT2D eigenvalue weighted by Gasteiger charge is -2.19. The topological polar surface area (TPSA) is 38.3 Å². The van der Waals surface area contributed by atoms with Crippen LogP contribution in [-0.4, -0.2) is 11.7 Å². The molecule has 0 aliphatic heterocycles. The van der Waals surface area contributed by atoms with Crippen molar-refractivity contribution in [1.29, 1.82) is 0 Å². The zero-order valence-corrected chi connectivity index (χ0v) is 8.13. The Balaban J connectivity index is 2.34. The van der Waals surface area contributed by atoms with Crippen molar-refractivity contribution in [2.45, 2.75) is 26.4 Å². The number of carbonyl (C=O) groups is 1. The minimum Gasteiger partial charge on any atom is -0.444 e. The summed E-state index contributed by atoms with van der Waals surface area (Å²) in [6.45, 7) is 5.49. The first-order chi connectivity index (χ1) is 5.97. The van der Waals surface area contributed by atoms with Crippen LogP contribution in [0.1, 0.15) is 20.8 Å². The first-order valence-corrected chi connectivity index (χ1v) is 4.19. The Labute approximate surface area is 78.5 Å². The van der Waals surface area contributed by atoms with Crippen LogP contribution in [0.15, 0.2) is 23.9 Å². The molecule has 0 aromatic heterocycles. The molecular weight excluding hydrogens is 166 g/mol. The third-order valence-electron chi connectivity index (χ3n) is 1.31. The summed E-state index contributed by atoms with van der Waals surface area (Å²) in [7, 11) is 0. The molecule has 0 spiro atoms. The van der Waals surface area contributed by atoms with Crippen molar-refractivity contribution in [1.82, 2.24) is 5.32 Å². The Hall–Kier alpha value is -1.25. The molecule has 0 atom stereocenters. The number of nitrogens with one attached hydrogen (secondary N) is 1. The fourth-order valence-electron chi connectivity index (χ4n) is 0.879. The summed E-state index contributed by atoms with van der Waals surface area (Å²) in [6.07, 6.45) is 6.91. The minimum atomic E-state index is -0.448. The fraction of sp³-hybridized carbons (Fsp3) is 0.400. The zero-order valence-electron chi connectivity index (χ0n) is 8.13. The van der Waals surface area contributed by atoms with Gasteiger partial charge in [0.15, 0.2) is 0 Å². The SMILES string of the molecule is CC(C)(C)OC(=O)NC1=CC=C[CH]1. The van der Waals surface area contributed by atoms with Crippen LogP contribution in [0.5, 0.6) is 0 Å². The standard InChI is InChI=1S/C10H14NO2/c1-10(2,3)13-9(12)11-8-6-4-5-7-8/h4-7H,1-3H3,(H,11,12). The van der Waals surface area contributed by atoms with Crippen LogP contribution in [-0.2, 0) is 4.74 Å². The summed E-state index contributed by atoms with van der Waals surface area (Å²) < 4.78 is 5.06. The molecule has 0 unspecified atom stereocenters. The average molecular weight is 180 g/mol. The van der Waals surface area contributed by atoms with E-state index in [4.69, 9.17) is 4.74 Å². The molecule has 0 saturated heterocycles. The molecule has 1 N–H and O–H groups in total. The quantitative estimate of drug-likeness (QED) is 0.671. The molecule has 0 aromatic rings. The van der Waals surface area contributed by atoms with Crippen LogP contribution < -0.4 is 5.32 Å². The Morgan fingerprint density at radius 2 is 2.08 bits per heavy atom. The van der Waals surface area contributed by atoms with Gasteiger partial charge < -0.3 is 4.74 Å². The molecule has 13 heavy (non-hydrogen) atoms. The van der Waals surface area contributed by atoms with Crippen LogP contribution in [0.3, 0.4) is 0 Å². The minimum absolute atomic E-state index is 0.418. The van der Waals surface area contributed by atoms with Gasteiger partial charge in [-0.05, 0) is 26.8 Å². The highest BCUT2D eigenvalue weighted by Crippen LogP contribution is 2.09. The molecule has 1 aliphatic rings. The van der Waals surface area contributed by atoms with Gasteiger partial charge in [-0.3, -0.25) is 5.32 Å². The van der Waals surface area contributed by atoms with Gasteiger partial charge in [0.2, 0.25) is 0 Å². The predicted octanol–water partition coefficient (Wildman–Crippen LogP) is 2.17. The van der Waals surface area contributed by atoms with Crippen molar-refractivity contribution >= 4 is 6.09 Å². The molecule has 1 aliphatic carbocycles. The number of carbonyl (C=O) groups excluding carboxylic acids is 1. The van der Waals surface area contributed by atoms with Crippen LogP contribution in [0.25, 0.3) is 0 Å². The highest BCUT2D eigenvalue weighted by Gasteiger charge is 2.16. The number of alkyl carbamates (subject to hydrolysis) is 1. The van der Waals surface area contributed by atoms with Crippen molar-refractivity contribution in [3.63, 3.8) is 0 Å². The highest BCUT2D eigenvalue weighted by atomic mass is 16.6. The molecule has 1 radical (unpaired) electrons.